The Hall–Kier alpha value is -1.98. The van der Waals surface area contributed by atoms with Crippen LogP contribution in [0, 0.1) is 25.0 Å². The summed E-state index contributed by atoms with van der Waals surface area (Å²) in [7, 11) is 0. The quantitative estimate of drug-likeness (QED) is 0.595. The standard InChI is InChI=1S/C14H11BrN4/c1-9-3-14-11(4-13(9)17-2)12(15)7-19(14)10-5-18(6-10)8-16/h3-4,7,10H,5-6H2,1H3. The van der Waals surface area contributed by atoms with Gasteiger partial charge in [-0.25, -0.2) is 4.85 Å². The number of fused-ring (bicyclic) bond motifs is 1. The summed E-state index contributed by atoms with van der Waals surface area (Å²) in [6.45, 7) is 10.7. The number of nitriles is 1. The minimum Gasteiger partial charge on any atom is -0.340 e. The minimum absolute atomic E-state index is 0.339. The first-order valence-electron chi connectivity index (χ1n) is 5.97. The maximum absolute atomic E-state index is 8.81. The maximum Gasteiger partial charge on any atom is 0.190 e. The van der Waals surface area contributed by atoms with E-state index >= 15 is 0 Å². The first-order chi connectivity index (χ1) is 9.13. The fourth-order valence-corrected chi connectivity index (χ4v) is 3.02. The first kappa shape index (κ1) is 12.1. The number of hydrogen-bond donors (Lipinski definition) is 0. The highest BCUT2D eigenvalue weighted by molar-refractivity contribution is 9.10. The predicted molar refractivity (Wildman–Crippen MR) is 76.9 cm³/mol. The van der Waals surface area contributed by atoms with Crippen molar-refractivity contribution in [2.24, 2.45) is 0 Å². The SMILES string of the molecule is [C-]#[N+]c1cc2c(Br)cn(C3CN(C#N)C3)c2cc1C. The Morgan fingerprint density at radius 3 is 2.84 bits per heavy atom. The van der Waals surface area contributed by atoms with Crippen molar-refractivity contribution in [2.75, 3.05) is 13.1 Å². The highest BCUT2D eigenvalue weighted by Crippen LogP contribution is 2.35. The number of rotatable bonds is 1. The average Bonchev–Trinajstić information content (AvgIpc) is 2.64. The summed E-state index contributed by atoms with van der Waals surface area (Å²) in [4.78, 5) is 5.28. The van der Waals surface area contributed by atoms with E-state index in [1.807, 2.05) is 13.0 Å². The first-order valence-corrected chi connectivity index (χ1v) is 6.76. The van der Waals surface area contributed by atoms with Gasteiger partial charge >= 0.3 is 0 Å². The van der Waals surface area contributed by atoms with Crippen LogP contribution in [-0.2, 0) is 0 Å². The second kappa shape index (κ2) is 4.29. The fraction of sp³-hybridized carbons (Fsp3) is 0.286. The van der Waals surface area contributed by atoms with E-state index in [2.05, 4.69) is 43.8 Å². The van der Waals surface area contributed by atoms with E-state index in [9.17, 15) is 0 Å². The van der Waals surface area contributed by atoms with Crippen LogP contribution in [0.25, 0.3) is 15.7 Å². The van der Waals surface area contributed by atoms with E-state index < -0.39 is 0 Å². The Labute approximate surface area is 119 Å². The third kappa shape index (κ3) is 1.78. The van der Waals surface area contributed by atoms with Crippen molar-refractivity contribution in [1.29, 1.82) is 5.26 Å². The van der Waals surface area contributed by atoms with Crippen molar-refractivity contribution in [1.82, 2.24) is 9.47 Å². The van der Waals surface area contributed by atoms with Gasteiger partial charge in [-0.1, -0.05) is 0 Å². The second-order valence-electron chi connectivity index (χ2n) is 4.81. The number of aryl methyl sites for hydroxylation is 1. The van der Waals surface area contributed by atoms with Gasteiger partial charge in [-0.05, 0) is 40.5 Å². The van der Waals surface area contributed by atoms with E-state index in [1.165, 1.54) is 0 Å². The zero-order chi connectivity index (χ0) is 13.6. The van der Waals surface area contributed by atoms with Crippen LogP contribution in [0.1, 0.15) is 11.6 Å². The second-order valence-corrected chi connectivity index (χ2v) is 5.67. The Morgan fingerprint density at radius 1 is 1.47 bits per heavy atom. The van der Waals surface area contributed by atoms with Gasteiger partial charge in [0.25, 0.3) is 0 Å². The molecule has 0 bridgehead atoms. The number of nitrogens with zero attached hydrogens (tertiary/aromatic N) is 4. The Balaban J connectivity index is 2.11. The van der Waals surface area contributed by atoms with Crippen LogP contribution in [0.5, 0.6) is 0 Å². The molecule has 1 aromatic heterocycles. The molecule has 0 radical (unpaired) electrons. The van der Waals surface area contributed by atoms with Crippen LogP contribution in [0.15, 0.2) is 22.8 Å². The lowest BCUT2D eigenvalue weighted by atomic mass is 10.1. The zero-order valence-corrected chi connectivity index (χ0v) is 12.0. The molecule has 4 nitrogen and oxygen atoms in total. The molecule has 0 spiro atoms. The van der Waals surface area contributed by atoms with Gasteiger partial charge in [-0.15, -0.1) is 0 Å². The molecule has 1 aliphatic heterocycles. The minimum atomic E-state index is 0.339. The molecule has 19 heavy (non-hydrogen) atoms. The van der Waals surface area contributed by atoms with Crippen molar-refractivity contribution in [2.45, 2.75) is 13.0 Å². The summed E-state index contributed by atoms with van der Waals surface area (Å²) in [5.74, 6) is 0. The van der Waals surface area contributed by atoms with Gasteiger partial charge in [-0.3, -0.25) is 0 Å². The van der Waals surface area contributed by atoms with E-state index in [0.29, 0.717) is 11.7 Å². The predicted octanol–water partition coefficient (Wildman–Crippen LogP) is 3.60. The van der Waals surface area contributed by atoms with Crippen molar-refractivity contribution in [3.8, 4) is 6.19 Å². The fourth-order valence-electron chi connectivity index (χ4n) is 2.48. The summed E-state index contributed by atoms with van der Waals surface area (Å²) in [5, 5.41) is 9.87. The van der Waals surface area contributed by atoms with Gasteiger partial charge in [0.2, 0.25) is 0 Å². The molecule has 3 rings (SSSR count). The van der Waals surface area contributed by atoms with Gasteiger partial charge in [-0.2, -0.15) is 5.26 Å². The van der Waals surface area contributed by atoms with Gasteiger partial charge in [0.1, 0.15) is 0 Å². The normalized spacial score (nSPS) is 15.1. The summed E-state index contributed by atoms with van der Waals surface area (Å²) in [5.41, 5.74) is 2.81. The van der Waals surface area contributed by atoms with Crippen LogP contribution in [0.4, 0.5) is 5.69 Å². The topological polar surface area (TPSA) is 36.3 Å². The molecular formula is C14H11BrN4. The lowest BCUT2D eigenvalue weighted by molar-refractivity contribution is 0.180. The molecule has 94 valence electrons. The van der Waals surface area contributed by atoms with Gasteiger partial charge in [0, 0.05) is 21.6 Å². The number of likely N-dealkylation sites (tertiary alicyclic amines) is 1. The summed E-state index contributed by atoms with van der Waals surface area (Å²) >= 11 is 3.56. The van der Waals surface area contributed by atoms with Crippen LogP contribution in [-0.4, -0.2) is 22.6 Å². The highest BCUT2D eigenvalue weighted by Gasteiger charge is 2.28. The molecule has 0 amide bonds. The largest absolute Gasteiger partial charge is 0.340 e. The smallest absolute Gasteiger partial charge is 0.190 e. The van der Waals surface area contributed by atoms with Gasteiger partial charge < -0.3 is 9.47 Å². The van der Waals surface area contributed by atoms with Gasteiger partial charge in [0.05, 0.1) is 25.7 Å². The van der Waals surface area contributed by atoms with E-state index in [-0.39, 0.29) is 0 Å². The third-order valence-corrected chi connectivity index (χ3v) is 4.25. The molecular weight excluding hydrogens is 304 g/mol. The molecule has 2 heterocycles. The number of aromatic nitrogens is 1. The number of hydrogen-bond acceptors (Lipinski definition) is 2. The Kier molecular flexibility index (Phi) is 2.73. The van der Waals surface area contributed by atoms with E-state index in [0.717, 1.165) is 34.0 Å². The summed E-state index contributed by atoms with van der Waals surface area (Å²) in [6, 6.07) is 4.33. The zero-order valence-electron chi connectivity index (χ0n) is 10.4. The molecule has 1 aromatic carbocycles. The van der Waals surface area contributed by atoms with Crippen LogP contribution in [0.2, 0.25) is 0 Å². The van der Waals surface area contributed by atoms with Crippen molar-refractivity contribution < 1.29 is 0 Å². The molecule has 0 unspecified atom stereocenters. The lowest BCUT2D eigenvalue weighted by Crippen LogP contribution is -2.44. The van der Waals surface area contributed by atoms with Crippen molar-refractivity contribution in [3.05, 3.63) is 39.8 Å². The molecule has 1 aliphatic rings. The van der Waals surface area contributed by atoms with Crippen LogP contribution >= 0.6 is 15.9 Å². The molecule has 0 saturated carbocycles. The average molecular weight is 315 g/mol. The molecule has 0 N–H and O–H groups in total. The van der Waals surface area contributed by atoms with Crippen molar-refractivity contribution >= 4 is 32.5 Å². The maximum atomic E-state index is 8.81. The molecule has 1 saturated heterocycles. The molecule has 0 atom stereocenters. The van der Waals surface area contributed by atoms with Gasteiger partial charge in [0.15, 0.2) is 11.9 Å². The Bertz CT molecular complexity index is 741. The molecule has 1 fully saturated rings. The van der Waals surface area contributed by atoms with Crippen LogP contribution < -0.4 is 0 Å². The van der Waals surface area contributed by atoms with Crippen molar-refractivity contribution in [3.63, 3.8) is 0 Å². The summed E-state index contributed by atoms with van der Waals surface area (Å²) in [6.07, 6.45) is 4.21. The van der Waals surface area contributed by atoms with Crippen LogP contribution in [0.3, 0.4) is 0 Å². The summed E-state index contributed by atoms with van der Waals surface area (Å²) < 4.78 is 3.20. The lowest BCUT2D eigenvalue weighted by Gasteiger charge is -2.36. The highest BCUT2D eigenvalue weighted by atomic mass is 79.9. The number of halogens is 1. The van der Waals surface area contributed by atoms with E-state index in [4.69, 9.17) is 11.8 Å². The molecule has 5 heteroatoms. The monoisotopic (exact) mass is 314 g/mol. The Morgan fingerprint density at radius 2 is 2.21 bits per heavy atom. The third-order valence-electron chi connectivity index (χ3n) is 3.62. The number of benzene rings is 1. The van der Waals surface area contributed by atoms with E-state index in [1.54, 1.807) is 4.90 Å². The molecule has 0 aliphatic carbocycles. The molecule has 2 aromatic rings.